The average molecular weight is 333 g/mol. The molecule has 23 heavy (non-hydrogen) atoms. The molecule has 2 aromatic rings. The van der Waals surface area contributed by atoms with Gasteiger partial charge in [0.1, 0.15) is 5.82 Å². The zero-order valence-corrected chi connectivity index (χ0v) is 13.2. The maximum absolute atomic E-state index is 13.2. The average Bonchev–Trinajstić information content (AvgIpc) is 2.87. The summed E-state index contributed by atoms with van der Waals surface area (Å²) in [7, 11) is 0. The molecule has 2 amide bonds. The Labute approximate surface area is 137 Å². The molecule has 4 nitrogen and oxygen atoms in total. The topological polar surface area (TPSA) is 49.4 Å². The monoisotopic (exact) mass is 332 g/mol. The van der Waals surface area contributed by atoms with E-state index in [1.807, 2.05) is 13.0 Å². The smallest absolute Gasteiger partial charge is 0.256 e. The van der Waals surface area contributed by atoms with Crippen LogP contribution in [-0.2, 0) is 6.54 Å². The second kappa shape index (κ2) is 6.01. The Morgan fingerprint density at radius 1 is 1.35 bits per heavy atom. The molecule has 3 rings (SSSR count). The van der Waals surface area contributed by atoms with E-state index in [0.717, 1.165) is 5.56 Å². The van der Waals surface area contributed by atoms with E-state index in [2.05, 4.69) is 5.32 Å². The highest BCUT2D eigenvalue weighted by atomic mass is 35.5. The quantitative estimate of drug-likeness (QED) is 0.931. The summed E-state index contributed by atoms with van der Waals surface area (Å²) in [5.74, 6) is -1.12. The fourth-order valence-corrected chi connectivity index (χ4v) is 2.82. The number of benzene rings is 2. The highest BCUT2D eigenvalue weighted by molar-refractivity contribution is 6.31. The van der Waals surface area contributed by atoms with E-state index in [1.165, 1.54) is 18.2 Å². The number of nitrogens with one attached hydrogen (secondary N) is 1. The van der Waals surface area contributed by atoms with Gasteiger partial charge < -0.3 is 10.2 Å². The summed E-state index contributed by atoms with van der Waals surface area (Å²) in [5, 5.41) is 2.57. The minimum absolute atomic E-state index is 0.0747. The van der Waals surface area contributed by atoms with Crippen LogP contribution >= 0.6 is 11.6 Å². The van der Waals surface area contributed by atoms with Gasteiger partial charge in [0.15, 0.2) is 0 Å². The van der Waals surface area contributed by atoms with Crippen LogP contribution in [0.4, 0.5) is 10.1 Å². The largest absolute Gasteiger partial charge is 0.335 e. The lowest BCUT2D eigenvalue weighted by atomic mass is 10.0. The van der Waals surface area contributed by atoms with Gasteiger partial charge in [-0.3, -0.25) is 9.59 Å². The van der Waals surface area contributed by atoms with Crippen molar-refractivity contribution in [3.8, 4) is 0 Å². The molecule has 1 heterocycles. The first-order valence-corrected chi connectivity index (χ1v) is 7.56. The summed E-state index contributed by atoms with van der Waals surface area (Å²) >= 11 is 5.71. The van der Waals surface area contributed by atoms with Crippen molar-refractivity contribution in [2.75, 3.05) is 11.9 Å². The van der Waals surface area contributed by atoms with Crippen molar-refractivity contribution in [3.05, 3.63) is 63.9 Å². The van der Waals surface area contributed by atoms with Gasteiger partial charge in [-0.2, -0.15) is 0 Å². The van der Waals surface area contributed by atoms with Gasteiger partial charge in [-0.1, -0.05) is 23.7 Å². The third-order valence-corrected chi connectivity index (χ3v) is 4.11. The fraction of sp³-hybridized carbons (Fsp3) is 0.176. The number of hydrogen-bond acceptors (Lipinski definition) is 2. The molecular formula is C17H14ClFN2O2. The van der Waals surface area contributed by atoms with Crippen molar-refractivity contribution in [2.45, 2.75) is 13.5 Å². The Kier molecular flexibility index (Phi) is 4.05. The summed E-state index contributed by atoms with van der Waals surface area (Å²) in [5.41, 5.74) is 1.95. The van der Waals surface area contributed by atoms with Crippen molar-refractivity contribution in [1.29, 1.82) is 0 Å². The third-order valence-electron chi connectivity index (χ3n) is 3.82. The standard InChI is InChI=1S/C17H14ClFN2O2/c1-2-21-9-10-4-3-5-12(15(10)17(21)23)16(22)20-11-6-7-14(19)13(18)8-11/h3-8H,2,9H2,1H3,(H,20,22). The molecule has 0 atom stereocenters. The van der Waals surface area contributed by atoms with E-state index >= 15 is 0 Å². The number of carbonyl (C=O) groups excluding carboxylic acids is 2. The van der Waals surface area contributed by atoms with Crippen molar-refractivity contribution in [2.24, 2.45) is 0 Å². The van der Waals surface area contributed by atoms with Crippen LogP contribution in [0.15, 0.2) is 36.4 Å². The minimum atomic E-state index is -0.556. The molecule has 1 N–H and O–H groups in total. The molecule has 2 aromatic carbocycles. The molecule has 0 spiro atoms. The normalized spacial score (nSPS) is 13.2. The van der Waals surface area contributed by atoms with Crippen LogP contribution in [-0.4, -0.2) is 23.3 Å². The lowest BCUT2D eigenvalue weighted by Gasteiger charge is -2.12. The number of halogens is 2. The molecule has 1 aliphatic rings. The molecule has 118 valence electrons. The Morgan fingerprint density at radius 3 is 2.83 bits per heavy atom. The number of carbonyl (C=O) groups is 2. The number of amides is 2. The van der Waals surface area contributed by atoms with Gasteiger partial charge in [-0.15, -0.1) is 0 Å². The Morgan fingerprint density at radius 2 is 2.13 bits per heavy atom. The van der Waals surface area contributed by atoms with Crippen LogP contribution in [0, 0.1) is 5.82 Å². The van der Waals surface area contributed by atoms with Crippen molar-refractivity contribution < 1.29 is 14.0 Å². The molecule has 1 aliphatic heterocycles. The van der Waals surface area contributed by atoms with Crippen LogP contribution < -0.4 is 5.32 Å². The zero-order valence-electron chi connectivity index (χ0n) is 12.4. The molecule has 0 saturated carbocycles. The number of rotatable bonds is 3. The van der Waals surface area contributed by atoms with Crippen LogP contribution in [0.1, 0.15) is 33.2 Å². The second-order valence-corrected chi connectivity index (χ2v) is 5.65. The SMILES string of the molecule is CCN1Cc2cccc(C(=O)Nc3ccc(F)c(Cl)c3)c2C1=O. The second-order valence-electron chi connectivity index (χ2n) is 5.24. The molecular weight excluding hydrogens is 319 g/mol. The predicted octanol–water partition coefficient (Wildman–Crippen LogP) is 3.71. The van der Waals surface area contributed by atoms with Gasteiger partial charge in [-0.25, -0.2) is 4.39 Å². The Bertz CT molecular complexity index is 807. The number of hydrogen-bond donors (Lipinski definition) is 1. The number of nitrogens with zero attached hydrogens (tertiary/aromatic N) is 1. The van der Waals surface area contributed by atoms with Gasteiger partial charge in [0, 0.05) is 18.8 Å². The van der Waals surface area contributed by atoms with Gasteiger partial charge in [0.25, 0.3) is 11.8 Å². The zero-order chi connectivity index (χ0) is 16.6. The van der Waals surface area contributed by atoms with E-state index < -0.39 is 11.7 Å². The van der Waals surface area contributed by atoms with Crippen LogP contribution in [0.25, 0.3) is 0 Å². The summed E-state index contributed by atoms with van der Waals surface area (Å²) < 4.78 is 13.2. The summed E-state index contributed by atoms with van der Waals surface area (Å²) in [4.78, 5) is 26.5. The summed E-state index contributed by atoms with van der Waals surface area (Å²) in [6.45, 7) is 2.99. The van der Waals surface area contributed by atoms with Gasteiger partial charge in [0.05, 0.1) is 16.1 Å². The minimum Gasteiger partial charge on any atom is -0.335 e. The van der Waals surface area contributed by atoms with E-state index in [0.29, 0.717) is 29.9 Å². The van der Waals surface area contributed by atoms with Crippen LogP contribution in [0.3, 0.4) is 0 Å². The van der Waals surface area contributed by atoms with Gasteiger partial charge >= 0.3 is 0 Å². The first-order valence-electron chi connectivity index (χ1n) is 7.18. The maximum atomic E-state index is 13.2. The fourth-order valence-electron chi connectivity index (χ4n) is 2.64. The Balaban J connectivity index is 1.91. The summed E-state index contributed by atoms with van der Waals surface area (Å²) in [6, 6.07) is 9.13. The Hall–Kier alpha value is -2.40. The van der Waals surface area contributed by atoms with E-state index in [-0.39, 0.29) is 10.9 Å². The van der Waals surface area contributed by atoms with Gasteiger partial charge in [-0.05, 0) is 36.8 Å². The van der Waals surface area contributed by atoms with E-state index in [4.69, 9.17) is 11.6 Å². The molecule has 6 heteroatoms. The maximum Gasteiger partial charge on any atom is 0.256 e. The van der Waals surface area contributed by atoms with Gasteiger partial charge in [0.2, 0.25) is 0 Å². The predicted molar refractivity (Wildman–Crippen MR) is 86.2 cm³/mol. The molecule has 0 saturated heterocycles. The van der Waals surface area contributed by atoms with Crippen LogP contribution in [0.5, 0.6) is 0 Å². The van der Waals surface area contributed by atoms with Crippen LogP contribution in [0.2, 0.25) is 5.02 Å². The lowest BCUT2D eigenvalue weighted by Crippen LogP contribution is -2.24. The molecule has 0 bridgehead atoms. The molecule has 0 aliphatic carbocycles. The molecule has 0 fully saturated rings. The van der Waals surface area contributed by atoms with Crippen molar-refractivity contribution in [3.63, 3.8) is 0 Å². The number of anilines is 1. The first-order chi connectivity index (χ1) is 11.0. The number of fused-ring (bicyclic) bond motifs is 1. The van der Waals surface area contributed by atoms with Crippen molar-refractivity contribution in [1.82, 2.24) is 4.90 Å². The highest BCUT2D eigenvalue weighted by Crippen LogP contribution is 2.27. The molecule has 0 radical (unpaired) electrons. The third kappa shape index (κ3) is 2.80. The van der Waals surface area contributed by atoms with Crippen molar-refractivity contribution >= 4 is 29.1 Å². The lowest BCUT2D eigenvalue weighted by molar-refractivity contribution is 0.0783. The molecule has 0 unspecified atom stereocenters. The first kappa shape index (κ1) is 15.5. The van der Waals surface area contributed by atoms with E-state index in [1.54, 1.807) is 17.0 Å². The summed E-state index contributed by atoms with van der Waals surface area (Å²) in [6.07, 6.45) is 0. The molecule has 0 aromatic heterocycles. The van der Waals surface area contributed by atoms with E-state index in [9.17, 15) is 14.0 Å². The highest BCUT2D eigenvalue weighted by Gasteiger charge is 2.30.